The number of nitrogens with two attached hydrogens (primary N) is 1. The zero-order valence-corrected chi connectivity index (χ0v) is 19.7. The molecule has 0 bridgehead atoms. The number of hydrogen-bond acceptors (Lipinski definition) is 4. The Kier molecular flexibility index (Phi) is 6.15. The molecule has 0 saturated heterocycles. The van der Waals surface area contributed by atoms with E-state index in [0.29, 0.717) is 28.9 Å². The van der Waals surface area contributed by atoms with Crippen molar-refractivity contribution in [1.82, 2.24) is 25.5 Å². The number of aromatic nitrogens is 4. The summed E-state index contributed by atoms with van der Waals surface area (Å²) in [4.78, 5) is 20.7. The number of hydrogen-bond donors (Lipinski definition) is 4. The fourth-order valence-electron chi connectivity index (χ4n) is 3.89. The predicted octanol–water partition coefficient (Wildman–Crippen LogP) is 5.69. The van der Waals surface area contributed by atoms with Crippen LogP contribution < -0.4 is 11.1 Å². The number of rotatable bonds is 6. The van der Waals surface area contributed by atoms with E-state index in [1.54, 1.807) is 0 Å². The standard InChI is InChI=1S/C25H19Cl2FN6O/c26-15-7-9-16(18(28)12-15)25(35)30-20(10-13-4-2-1-3-5-13)24-31-21(22(27)32-24)14-6-8-17-19(11-14)33-34-23(17)29/h1-9,11-12,20H,10H2,(H,30,35)(H,31,32)(H3,29,33,34)/t20-/m0/s1. The van der Waals surface area contributed by atoms with Crippen molar-refractivity contribution in [3.8, 4) is 11.3 Å². The van der Waals surface area contributed by atoms with Gasteiger partial charge in [-0.15, -0.1) is 0 Å². The third-order valence-corrected chi connectivity index (χ3v) is 6.15. The maximum Gasteiger partial charge on any atom is 0.254 e. The molecule has 5 aromatic rings. The lowest BCUT2D eigenvalue weighted by Gasteiger charge is -2.17. The second kappa shape index (κ2) is 9.40. The smallest absolute Gasteiger partial charge is 0.254 e. The van der Waals surface area contributed by atoms with Crippen molar-refractivity contribution in [2.45, 2.75) is 12.5 Å². The van der Waals surface area contributed by atoms with Gasteiger partial charge in [0.15, 0.2) is 5.82 Å². The molecule has 0 spiro atoms. The molecular formula is C25H19Cl2FN6O. The molecule has 2 heterocycles. The topological polar surface area (TPSA) is 112 Å². The summed E-state index contributed by atoms with van der Waals surface area (Å²) in [6, 6.07) is 18.4. The number of benzene rings is 3. The van der Waals surface area contributed by atoms with Crippen LogP contribution in [0.2, 0.25) is 10.2 Å². The highest BCUT2D eigenvalue weighted by molar-refractivity contribution is 6.32. The number of aromatic amines is 2. The largest absolute Gasteiger partial charge is 0.382 e. The number of nitrogen functional groups attached to an aromatic ring is 1. The van der Waals surface area contributed by atoms with E-state index in [9.17, 15) is 9.18 Å². The summed E-state index contributed by atoms with van der Waals surface area (Å²) in [7, 11) is 0. The highest BCUT2D eigenvalue weighted by atomic mass is 35.5. The Balaban J connectivity index is 1.50. The van der Waals surface area contributed by atoms with Crippen molar-refractivity contribution in [2.24, 2.45) is 0 Å². The minimum atomic E-state index is -0.709. The molecule has 5 N–H and O–H groups in total. The number of halogens is 3. The fourth-order valence-corrected chi connectivity index (χ4v) is 4.30. The van der Waals surface area contributed by atoms with Gasteiger partial charge in [-0.05, 0) is 42.3 Å². The summed E-state index contributed by atoms with van der Waals surface area (Å²) >= 11 is 12.4. The summed E-state index contributed by atoms with van der Waals surface area (Å²) in [5.41, 5.74) is 8.68. The SMILES string of the molecule is Nc1n[nH]c2cc(-c3nc([C@H](Cc4ccccc4)NC(=O)c4ccc(Cl)cc4F)[nH]c3Cl)ccc12. The summed E-state index contributed by atoms with van der Waals surface area (Å²) in [6.45, 7) is 0. The van der Waals surface area contributed by atoms with Crippen molar-refractivity contribution < 1.29 is 9.18 Å². The van der Waals surface area contributed by atoms with Gasteiger partial charge in [0.2, 0.25) is 0 Å². The highest BCUT2D eigenvalue weighted by Gasteiger charge is 2.23. The van der Waals surface area contributed by atoms with E-state index >= 15 is 0 Å². The van der Waals surface area contributed by atoms with Gasteiger partial charge in [0, 0.05) is 16.0 Å². The van der Waals surface area contributed by atoms with E-state index in [4.69, 9.17) is 33.9 Å². The predicted molar refractivity (Wildman–Crippen MR) is 135 cm³/mol. The molecule has 3 aromatic carbocycles. The van der Waals surface area contributed by atoms with Gasteiger partial charge < -0.3 is 16.0 Å². The van der Waals surface area contributed by atoms with E-state index in [1.165, 1.54) is 12.1 Å². The lowest BCUT2D eigenvalue weighted by atomic mass is 10.0. The summed E-state index contributed by atoms with van der Waals surface area (Å²) in [5, 5.41) is 11.1. The van der Waals surface area contributed by atoms with Gasteiger partial charge in [0.05, 0.1) is 17.1 Å². The second-order valence-electron chi connectivity index (χ2n) is 7.99. The monoisotopic (exact) mass is 508 g/mol. The first-order chi connectivity index (χ1) is 16.9. The fraction of sp³-hybridized carbons (Fsp3) is 0.0800. The van der Waals surface area contributed by atoms with Crippen LogP contribution in [0.1, 0.15) is 27.8 Å². The summed E-state index contributed by atoms with van der Waals surface area (Å²) in [5.74, 6) is -0.469. The van der Waals surface area contributed by atoms with Crippen molar-refractivity contribution in [3.63, 3.8) is 0 Å². The van der Waals surface area contributed by atoms with Gasteiger partial charge in [0.1, 0.15) is 22.5 Å². The van der Waals surface area contributed by atoms with Crippen LogP contribution in [-0.4, -0.2) is 26.1 Å². The normalized spacial score (nSPS) is 12.1. The van der Waals surface area contributed by atoms with E-state index in [-0.39, 0.29) is 10.6 Å². The first-order valence-electron chi connectivity index (χ1n) is 10.7. The average Bonchev–Trinajstić information content (AvgIpc) is 3.41. The molecule has 0 saturated carbocycles. The van der Waals surface area contributed by atoms with Crippen LogP contribution >= 0.6 is 23.2 Å². The molecule has 7 nitrogen and oxygen atoms in total. The number of carbonyl (C=O) groups is 1. The zero-order chi connectivity index (χ0) is 24.5. The van der Waals surface area contributed by atoms with Gasteiger partial charge >= 0.3 is 0 Å². The van der Waals surface area contributed by atoms with Crippen molar-refractivity contribution in [3.05, 3.63) is 99.7 Å². The van der Waals surface area contributed by atoms with Gasteiger partial charge in [-0.2, -0.15) is 5.10 Å². The van der Waals surface area contributed by atoms with Crippen LogP contribution in [0, 0.1) is 5.82 Å². The first kappa shape index (κ1) is 22.9. The Labute approximate surface area is 209 Å². The average molecular weight is 509 g/mol. The van der Waals surface area contributed by atoms with Crippen LogP contribution in [0.3, 0.4) is 0 Å². The highest BCUT2D eigenvalue weighted by Crippen LogP contribution is 2.31. The molecule has 1 amide bonds. The summed E-state index contributed by atoms with van der Waals surface area (Å²) in [6.07, 6.45) is 0.404. The molecule has 0 radical (unpaired) electrons. The third kappa shape index (κ3) is 4.71. The molecule has 0 fully saturated rings. The minimum absolute atomic E-state index is 0.118. The minimum Gasteiger partial charge on any atom is -0.382 e. The van der Waals surface area contributed by atoms with Crippen molar-refractivity contribution in [1.29, 1.82) is 0 Å². The second-order valence-corrected chi connectivity index (χ2v) is 8.81. The van der Waals surface area contributed by atoms with Crippen LogP contribution in [0.4, 0.5) is 10.2 Å². The number of imidazole rings is 1. The number of H-pyrrole nitrogens is 2. The van der Waals surface area contributed by atoms with Crippen LogP contribution in [0.5, 0.6) is 0 Å². The molecular weight excluding hydrogens is 490 g/mol. The quantitative estimate of drug-likeness (QED) is 0.235. The molecule has 176 valence electrons. The Morgan fingerprint density at radius 2 is 1.89 bits per heavy atom. The van der Waals surface area contributed by atoms with Gasteiger partial charge in [0.25, 0.3) is 5.91 Å². The van der Waals surface area contributed by atoms with Gasteiger partial charge in [-0.25, -0.2) is 9.37 Å². The molecule has 35 heavy (non-hydrogen) atoms. The number of anilines is 1. The Hall–Kier alpha value is -3.88. The summed E-state index contributed by atoms with van der Waals surface area (Å²) < 4.78 is 14.4. The molecule has 2 aromatic heterocycles. The van der Waals surface area contributed by atoms with Crippen molar-refractivity contribution in [2.75, 3.05) is 5.73 Å². The maximum atomic E-state index is 14.4. The van der Waals surface area contributed by atoms with Crippen LogP contribution in [-0.2, 0) is 6.42 Å². The van der Waals surface area contributed by atoms with Crippen LogP contribution in [0.15, 0.2) is 66.7 Å². The van der Waals surface area contributed by atoms with E-state index < -0.39 is 17.8 Å². The Bertz CT molecular complexity index is 1530. The molecule has 10 heteroatoms. The number of nitrogens with zero attached hydrogens (tertiary/aromatic N) is 2. The molecule has 0 unspecified atom stereocenters. The van der Waals surface area contributed by atoms with Crippen molar-refractivity contribution >= 4 is 45.8 Å². The van der Waals surface area contributed by atoms with Gasteiger partial charge in [-0.3, -0.25) is 9.89 Å². The maximum absolute atomic E-state index is 14.4. The number of nitrogens with one attached hydrogen (secondary N) is 3. The number of fused-ring (bicyclic) bond motifs is 1. The molecule has 5 rings (SSSR count). The molecule has 1 atom stereocenters. The zero-order valence-electron chi connectivity index (χ0n) is 18.1. The Morgan fingerprint density at radius 3 is 2.66 bits per heavy atom. The van der Waals surface area contributed by atoms with E-state index in [2.05, 4.69) is 20.5 Å². The van der Waals surface area contributed by atoms with E-state index in [1.807, 2.05) is 48.5 Å². The first-order valence-corrected chi connectivity index (χ1v) is 11.4. The number of amides is 1. The number of carbonyl (C=O) groups excluding carboxylic acids is 1. The van der Waals surface area contributed by atoms with E-state index in [0.717, 1.165) is 28.1 Å². The Morgan fingerprint density at radius 1 is 1.09 bits per heavy atom. The van der Waals surface area contributed by atoms with Crippen LogP contribution in [0.25, 0.3) is 22.2 Å². The lowest BCUT2D eigenvalue weighted by molar-refractivity contribution is 0.0930. The third-order valence-electron chi connectivity index (χ3n) is 5.64. The molecule has 0 aliphatic heterocycles. The van der Waals surface area contributed by atoms with Gasteiger partial charge in [-0.1, -0.05) is 59.6 Å². The lowest BCUT2D eigenvalue weighted by Crippen LogP contribution is -2.31. The molecule has 0 aliphatic carbocycles. The molecule has 0 aliphatic rings.